The Bertz CT molecular complexity index is 222. The van der Waals surface area contributed by atoms with Crippen molar-refractivity contribution < 1.29 is 4.79 Å². The van der Waals surface area contributed by atoms with Crippen LogP contribution in [0.2, 0.25) is 0 Å². The summed E-state index contributed by atoms with van der Waals surface area (Å²) in [5.41, 5.74) is 0.483. The minimum absolute atomic E-state index is 0.163. The summed E-state index contributed by atoms with van der Waals surface area (Å²) >= 11 is 5.71. The van der Waals surface area contributed by atoms with E-state index >= 15 is 0 Å². The van der Waals surface area contributed by atoms with E-state index in [-0.39, 0.29) is 5.91 Å². The molecule has 0 aromatic carbocycles. The van der Waals surface area contributed by atoms with Crippen LogP contribution in [0.3, 0.4) is 0 Å². The lowest BCUT2D eigenvalue weighted by Gasteiger charge is -2.18. The molecule has 1 aliphatic heterocycles. The zero-order chi connectivity index (χ0) is 8.27. The molecule has 1 amide bonds. The summed E-state index contributed by atoms with van der Waals surface area (Å²) in [6, 6.07) is 0. The fourth-order valence-corrected chi connectivity index (χ4v) is 1.02. The quantitative estimate of drug-likeness (QED) is 0.589. The molecule has 1 rings (SSSR count). The number of hydrogen-bond donors (Lipinski definition) is 1. The highest BCUT2D eigenvalue weighted by Gasteiger charge is 2.14. The fraction of sp³-hybridized carbons (Fsp3) is 0.286. The summed E-state index contributed by atoms with van der Waals surface area (Å²) in [4.78, 5) is 11.0. The molecule has 4 heteroatoms. The van der Waals surface area contributed by atoms with Gasteiger partial charge in [-0.3, -0.25) is 9.21 Å². The summed E-state index contributed by atoms with van der Waals surface area (Å²) in [6.45, 7) is 0.570. The molecule has 0 fully saturated rings. The largest absolute Gasteiger partial charge is 0.354 e. The number of rotatable bonds is 1. The SMILES string of the molecule is CNC(=O)C1=CC=CCN1Cl. The minimum Gasteiger partial charge on any atom is -0.354 e. The first kappa shape index (κ1) is 8.14. The Balaban J connectivity index is 2.75. The van der Waals surface area contributed by atoms with E-state index < -0.39 is 0 Å². The van der Waals surface area contributed by atoms with Crippen LogP contribution in [0.25, 0.3) is 0 Å². The monoisotopic (exact) mass is 172 g/mol. The van der Waals surface area contributed by atoms with Gasteiger partial charge in [-0.15, -0.1) is 0 Å². The molecular weight excluding hydrogens is 164 g/mol. The van der Waals surface area contributed by atoms with Crippen molar-refractivity contribution in [1.29, 1.82) is 0 Å². The molecule has 0 aliphatic carbocycles. The van der Waals surface area contributed by atoms with Gasteiger partial charge in [0, 0.05) is 18.8 Å². The maximum Gasteiger partial charge on any atom is 0.268 e. The number of carbonyl (C=O) groups excluding carboxylic acids is 1. The van der Waals surface area contributed by atoms with Crippen molar-refractivity contribution in [2.75, 3.05) is 13.6 Å². The molecule has 1 N–H and O–H groups in total. The summed E-state index contributed by atoms with van der Waals surface area (Å²) in [5.74, 6) is -0.163. The lowest BCUT2D eigenvalue weighted by Crippen LogP contribution is -2.29. The van der Waals surface area contributed by atoms with Crippen molar-refractivity contribution in [3.8, 4) is 0 Å². The van der Waals surface area contributed by atoms with E-state index in [1.54, 1.807) is 13.1 Å². The topological polar surface area (TPSA) is 32.3 Å². The van der Waals surface area contributed by atoms with Crippen molar-refractivity contribution >= 4 is 17.7 Å². The first-order chi connectivity index (χ1) is 5.25. The first-order valence-electron chi connectivity index (χ1n) is 3.28. The normalized spacial score (nSPS) is 16.2. The Hall–Kier alpha value is -0.960. The molecule has 3 nitrogen and oxygen atoms in total. The van der Waals surface area contributed by atoms with E-state index in [1.165, 1.54) is 4.42 Å². The minimum atomic E-state index is -0.163. The molecule has 0 saturated heterocycles. The third-order valence-corrected chi connectivity index (χ3v) is 1.70. The van der Waals surface area contributed by atoms with Gasteiger partial charge >= 0.3 is 0 Å². The van der Waals surface area contributed by atoms with Gasteiger partial charge in [0.15, 0.2) is 0 Å². The van der Waals surface area contributed by atoms with E-state index in [9.17, 15) is 4.79 Å². The molecular formula is C7H9ClN2O. The Morgan fingerprint density at radius 1 is 1.82 bits per heavy atom. The highest BCUT2D eigenvalue weighted by Crippen LogP contribution is 2.11. The summed E-state index contributed by atoms with van der Waals surface area (Å²) in [5, 5.41) is 2.50. The van der Waals surface area contributed by atoms with Gasteiger partial charge in [-0.05, 0) is 6.08 Å². The van der Waals surface area contributed by atoms with Gasteiger partial charge in [-0.25, -0.2) is 0 Å². The van der Waals surface area contributed by atoms with Crippen LogP contribution in [0.5, 0.6) is 0 Å². The van der Waals surface area contributed by atoms with Gasteiger partial charge in [0.2, 0.25) is 0 Å². The number of hydrogen-bond acceptors (Lipinski definition) is 2. The molecule has 11 heavy (non-hydrogen) atoms. The number of halogens is 1. The van der Waals surface area contributed by atoms with Crippen LogP contribution in [-0.2, 0) is 4.79 Å². The molecule has 0 bridgehead atoms. The van der Waals surface area contributed by atoms with Crippen LogP contribution in [0.1, 0.15) is 0 Å². The van der Waals surface area contributed by atoms with Crippen LogP contribution in [-0.4, -0.2) is 23.9 Å². The second-order valence-electron chi connectivity index (χ2n) is 2.10. The Morgan fingerprint density at radius 3 is 3.09 bits per heavy atom. The zero-order valence-corrected chi connectivity index (χ0v) is 6.93. The number of amides is 1. The van der Waals surface area contributed by atoms with Crippen molar-refractivity contribution in [2.24, 2.45) is 0 Å². The summed E-state index contributed by atoms with van der Waals surface area (Å²) < 4.78 is 1.37. The van der Waals surface area contributed by atoms with Crippen molar-refractivity contribution in [2.45, 2.75) is 0 Å². The number of likely N-dealkylation sites (N-methyl/N-ethyl adjacent to an activating group) is 1. The summed E-state index contributed by atoms with van der Waals surface area (Å²) in [6.07, 6.45) is 5.36. The third kappa shape index (κ3) is 1.74. The Morgan fingerprint density at radius 2 is 2.55 bits per heavy atom. The fourth-order valence-electron chi connectivity index (χ4n) is 0.806. The molecule has 0 aromatic heterocycles. The van der Waals surface area contributed by atoms with Gasteiger partial charge in [-0.2, -0.15) is 0 Å². The molecule has 0 spiro atoms. The lowest BCUT2D eigenvalue weighted by molar-refractivity contribution is -0.118. The van der Waals surface area contributed by atoms with Gasteiger partial charge < -0.3 is 5.32 Å². The van der Waals surface area contributed by atoms with E-state index in [1.807, 2.05) is 12.2 Å². The number of nitrogens with zero attached hydrogens (tertiary/aromatic N) is 1. The van der Waals surface area contributed by atoms with Crippen LogP contribution in [0, 0.1) is 0 Å². The Kier molecular flexibility index (Phi) is 2.54. The molecule has 0 saturated carbocycles. The molecule has 1 heterocycles. The predicted molar refractivity (Wildman–Crippen MR) is 43.8 cm³/mol. The molecule has 0 atom stereocenters. The van der Waals surface area contributed by atoms with Crippen LogP contribution < -0.4 is 5.32 Å². The van der Waals surface area contributed by atoms with E-state index in [4.69, 9.17) is 11.8 Å². The highest BCUT2D eigenvalue weighted by molar-refractivity contribution is 6.17. The second-order valence-corrected chi connectivity index (χ2v) is 2.51. The van der Waals surface area contributed by atoms with Gasteiger partial charge in [-0.1, -0.05) is 12.2 Å². The molecule has 0 unspecified atom stereocenters. The Labute approximate surface area is 70.4 Å². The third-order valence-electron chi connectivity index (χ3n) is 1.38. The van der Waals surface area contributed by atoms with Crippen molar-refractivity contribution in [3.63, 3.8) is 0 Å². The smallest absolute Gasteiger partial charge is 0.268 e. The van der Waals surface area contributed by atoms with Crippen LogP contribution in [0.15, 0.2) is 23.9 Å². The van der Waals surface area contributed by atoms with Gasteiger partial charge in [0.05, 0.1) is 6.54 Å². The van der Waals surface area contributed by atoms with Gasteiger partial charge in [0.25, 0.3) is 5.91 Å². The van der Waals surface area contributed by atoms with E-state index in [2.05, 4.69) is 5.32 Å². The predicted octanol–water partition coefficient (Wildman–Crippen LogP) is 0.642. The molecule has 1 aliphatic rings. The van der Waals surface area contributed by atoms with Crippen LogP contribution >= 0.6 is 11.8 Å². The molecule has 0 radical (unpaired) electrons. The molecule has 0 aromatic rings. The first-order valence-corrected chi connectivity index (χ1v) is 3.61. The average molecular weight is 173 g/mol. The summed E-state index contributed by atoms with van der Waals surface area (Å²) in [7, 11) is 1.58. The zero-order valence-electron chi connectivity index (χ0n) is 6.17. The maximum atomic E-state index is 11.0. The van der Waals surface area contributed by atoms with E-state index in [0.717, 1.165) is 0 Å². The van der Waals surface area contributed by atoms with Crippen molar-refractivity contribution in [1.82, 2.24) is 9.74 Å². The van der Waals surface area contributed by atoms with Crippen LogP contribution in [0.4, 0.5) is 0 Å². The maximum absolute atomic E-state index is 11.0. The van der Waals surface area contributed by atoms with Crippen molar-refractivity contribution in [3.05, 3.63) is 23.9 Å². The highest BCUT2D eigenvalue weighted by atomic mass is 35.5. The van der Waals surface area contributed by atoms with Gasteiger partial charge in [0.1, 0.15) is 5.70 Å². The lowest BCUT2D eigenvalue weighted by atomic mass is 10.3. The van der Waals surface area contributed by atoms with E-state index in [0.29, 0.717) is 12.2 Å². The second kappa shape index (κ2) is 3.44. The molecule has 60 valence electrons. The standard InChI is InChI=1S/C7H9ClN2O/c1-9-7(11)6-4-2-3-5-10(6)8/h2-4H,5H2,1H3,(H,9,11). The number of allylic oxidation sites excluding steroid dienone is 2. The number of carbonyl (C=O) groups is 1. The number of nitrogens with one attached hydrogen (secondary N) is 1. The average Bonchev–Trinajstić information content (AvgIpc) is 2.04.